The van der Waals surface area contributed by atoms with Crippen LogP contribution in [0.5, 0.6) is 0 Å². The SMILES string of the molecule is N#CSc1sc(N)nc1C(=N)C([NH])=O. The largest absolute Gasteiger partial charge is 0.375 e. The van der Waals surface area contributed by atoms with E-state index in [1.54, 1.807) is 5.40 Å². The molecular weight excluding hydrogens is 222 g/mol. The normalized spacial score (nSPS) is 9.36. The highest BCUT2D eigenvalue weighted by atomic mass is 32.2. The summed E-state index contributed by atoms with van der Waals surface area (Å²) in [6.45, 7) is 0. The van der Waals surface area contributed by atoms with Gasteiger partial charge in [-0.05, 0) is 0 Å². The second-order valence-corrected chi connectivity index (χ2v) is 4.17. The van der Waals surface area contributed by atoms with Crippen LogP contribution in [0.3, 0.4) is 0 Å². The van der Waals surface area contributed by atoms with Crippen molar-refractivity contribution < 1.29 is 4.79 Å². The third kappa shape index (κ3) is 2.01. The summed E-state index contributed by atoms with van der Waals surface area (Å²) in [6, 6.07) is 0. The number of nitrogens with zero attached hydrogens (tertiary/aromatic N) is 2. The van der Waals surface area contributed by atoms with E-state index in [2.05, 4.69) is 4.98 Å². The highest BCUT2D eigenvalue weighted by Gasteiger charge is 2.18. The lowest BCUT2D eigenvalue weighted by Gasteiger charge is -1.93. The molecule has 0 aliphatic heterocycles. The number of rotatable bonds is 3. The molecule has 0 saturated heterocycles. The van der Waals surface area contributed by atoms with Crippen molar-refractivity contribution in [1.29, 1.82) is 10.7 Å². The topological polar surface area (TPSA) is 127 Å². The fraction of sp³-hybridized carbons (Fsp3) is 0. The van der Waals surface area contributed by atoms with Crippen LogP contribution in [0.4, 0.5) is 5.13 Å². The van der Waals surface area contributed by atoms with Crippen LogP contribution in [0.15, 0.2) is 4.21 Å². The third-order valence-electron chi connectivity index (χ3n) is 1.21. The van der Waals surface area contributed by atoms with Crippen LogP contribution in [0.2, 0.25) is 0 Å². The number of nitrogen functional groups attached to an aromatic ring is 1. The second kappa shape index (κ2) is 4.08. The van der Waals surface area contributed by atoms with Crippen molar-refractivity contribution in [3.63, 3.8) is 0 Å². The van der Waals surface area contributed by atoms with Crippen molar-refractivity contribution in [3.05, 3.63) is 5.69 Å². The predicted octanol–water partition coefficient (Wildman–Crippen LogP) is 0.476. The molecule has 1 aromatic rings. The number of anilines is 1. The highest BCUT2D eigenvalue weighted by Crippen LogP contribution is 2.30. The minimum atomic E-state index is -1.14. The molecule has 1 rings (SSSR count). The maximum absolute atomic E-state index is 10.6. The summed E-state index contributed by atoms with van der Waals surface area (Å²) in [6.07, 6.45) is 0. The van der Waals surface area contributed by atoms with Gasteiger partial charge in [0.25, 0.3) is 5.91 Å². The van der Waals surface area contributed by atoms with Gasteiger partial charge in [0.15, 0.2) is 5.13 Å². The lowest BCUT2D eigenvalue weighted by Crippen LogP contribution is -2.15. The Balaban J connectivity index is 3.14. The Kier molecular flexibility index (Phi) is 3.06. The van der Waals surface area contributed by atoms with Crippen molar-refractivity contribution in [3.8, 4) is 5.40 Å². The predicted molar refractivity (Wildman–Crippen MR) is 52.9 cm³/mol. The number of thioether (sulfide) groups is 1. The first-order chi connectivity index (χ1) is 6.56. The molecule has 6 nitrogen and oxygen atoms in total. The number of thiocyanates is 1. The molecule has 14 heavy (non-hydrogen) atoms. The first-order valence-corrected chi connectivity index (χ1v) is 4.86. The van der Waals surface area contributed by atoms with Gasteiger partial charge in [-0.15, -0.1) is 0 Å². The van der Waals surface area contributed by atoms with Gasteiger partial charge in [-0.25, -0.2) is 4.98 Å². The lowest BCUT2D eigenvalue weighted by molar-refractivity contribution is -0.112. The highest BCUT2D eigenvalue weighted by molar-refractivity contribution is 8.05. The van der Waals surface area contributed by atoms with E-state index in [1.165, 1.54) is 0 Å². The Morgan fingerprint density at radius 3 is 2.86 bits per heavy atom. The van der Waals surface area contributed by atoms with Crippen molar-refractivity contribution >= 4 is 39.8 Å². The van der Waals surface area contributed by atoms with Gasteiger partial charge in [0.2, 0.25) is 0 Å². The van der Waals surface area contributed by atoms with Crippen LogP contribution in [-0.4, -0.2) is 16.6 Å². The Labute approximate surface area is 87.4 Å². The van der Waals surface area contributed by atoms with Crippen LogP contribution in [0, 0.1) is 16.1 Å². The number of amides is 1. The molecule has 0 unspecified atom stereocenters. The summed E-state index contributed by atoms with van der Waals surface area (Å²) in [7, 11) is 0. The Morgan fingerprint density at radius 2 is 2.36 bits per heavy atom. The summed E-state index contributed by atoms with van der Waals surface area (Å²) < 4.78 is 0.371. The molecular formula is C6H4N5OS2. The van der Waals surface area contributed by atoms with Gasteiger partial charge in [0, 0.05) is 11.8 Å². The standard InChI is InChI=1S/C6H4N5OS2/c7-1-13-5-3(2(8)4(9)12)11-6(10)14-5/h8-9H,(H2,10,11). The number of thiazole rings is 1. The molecule has 0 aliphatic rings. The maximum atomic E-state index is 10.6. The molecule has 0 bridgehead atoms. The average molecular weight is 226 g/mol. The monoisotopic (exact) mass is 226 g/mol. The summed E-state index contributed by atoms with van der Waals surface area (Å²) >= 11 is 1.79. The number of nitrogens with one attached hydrogen (secondary N) is 2. The van der Waals surface area contributed by atoms with E-state index in [4.69, 9.17) is 22.1 Å². The average Bonchev–Trinajstić information content (AvgIpc) is 2.46. The third-order valence-corrected chi connectivity index (χ3v) is 2.86. The molecule has 1 heterocycles. The number of carbonyl (C=O) groups is 1. The van der Waals surface area contributed by atoms with Gasteiger partial charge < -0.3 is 5.73 Å². The number of hydrogen-bond donors (Lipinski definition) is 2. The number of carbonyl (C=O) groups excluding carboxylic acids is 1. The van der Waals surface area contributed by atoms with Gasteiger partial charge in [-0.2, -0.15) is 5.26 Å². The molecule has 0 saturated carbocycles. The fourth-order valence-corrected chi connectivity index (χ4v) is 2.13. The molecule has 1 radical (unpaired) electrons. The molecule has 0 fully saturated rings. The van der Waals surface area contributed by atoms with E-state index in [-0.39, 0.29) is 10.8 Å². The second-order valence-electron chi connectivity index (χ2n) is 2.09. The van der Waals surface area contributed by atoms with Crippen molar-refractivity contribution in [2.24, 2.45) is 0 Å². The van der Waals surface area contributed by atoms with Gasteiger partial charge in [0.05, 0.1) is 0 Å². The summed E-state index contributed by atoms with van der Waals surface area (Å²) in [5.74, 6) is -1.14. The molecule has 4 N–H and O–H groups in total. The summed E-state index contributed by atoms with van der Waals surface area (Å²) in [5.41, 5.74) is 11.6. The number of aromatic nitrogens is 1. The molecule has 1 aromatic heterocycles. The van der Waals surface area contributed by atoms with E-state index in [9.17, 15) is 4.79 Å². The van der Waals surface area contributed by atoms with Crippen LogP contribution >= 0.6 is 23.1 Å². The molecule has 0 aromatic carbocycles. The molecule has 8 heteroatoms. The van der Waals surface area contributed by atoms with E-state index >= 15 is 0 Å². The smallest absolute Gasteiger partial charge is 0.289 e. The zero-order valence-corrected chi connectivity index (χ0v) is 8.33. The van der Waals surface area contributed by atoms with Crippen LogP contribution in [0.25, 0.3) is 0 Å². The molecule has 0 aliphatic carbocycles. The number of nitrogens with two attached hydrogens (primary N) is 1. The van der Waals surface area contributed by atoms with Gasteiger partial charge in [0.1, 0.15) is 21.0 Å². The lowest BCUT2D eigenvalue weighted by atomic mass is 10.3. The minimum Gasteiger partial charge on any atom is -0.375 e. The first-order valence-electron chi connectivity index (χ1n) is 3.23. The van der Waals surface area contributed by atoms with E-state index < -0.39 is 11.6 Å². The van der Waals surface area contributed by atoms with E-state index in [0.717, 1.165) is 23.1 Å². The Morgan fingerprint density at radius 1 is 1.71 bits per heavy atom. The molecule has 71 valence electrons. The van der Waals surface area contributed by atoms with Gasteiger partial charge in [-0.3, -0.25) is 15.9 Å². The van der Waals surface area contributed by atoms with Crippen LogP contribution in [0.1, 0.15) is 5.69 Å². The van der Waals surface area contributed by atoms with Gasteiger partial charge in [-0.1, -0.05) is 11.3 Å². The summed E-state index contributed by atoms with van der Waals surface area (Å²) in [4.78, 5) is 14.3. The zero-order valence-electron chi connectivity index (χ0n) is 6.70. The van der Waals surface area contributed by atoms with Crippen molar-refractivity contribution in [2.75, 3.05) is 5.73 Å². The van der Waals surface area contributed by atoms with Crippen LogP contribution in [-0.2, 0) is 4.79 Å². The summed E-state index contributed by atoms with van der Waals surface area (Å²) in [5, 5.41) is 17.6. The first kappa shape index (κ1) is 10.5. The molecule has 0 spiro atoms. The number of hydrogen-bond acceptors (Lipinski definition) is 7. The minimum absolute atomic E-state index is 0.0130. The van der Waals surface area contributed by atoms with Crippen molar-refractivity contribution in [2.45, 2.75) is 4.21 Å². The van der Waals surface area contributed by atoms with Crippen LogP contribution < -0.4 is 11.5 Å². The van der Waals surface area contributed by atoms with E-state index in [1.807, 2.05) is 0 Å². The maximum Gasteiger partial charge on any atom is 0.289 e. The molecule has 0 atom stereocenters. The Bertz CT molecular complexity index is 432. The zero-order chi connectivity index (χ0) is 10.7. The quantitative estimate of drug-likeness (QED) is 0.440. The fourth-order valence-electron chi connectivity index (χ4n) is 0.698. The Hall–Kier alpha value is -1.59. The van der Waals surface area contributed by atoms with Crippen molar-refractivity contribution in [1.82, 2.24) is 10.7 Å². The molecule has 1 amide bonds. The van der Waals surface area contributed by atoms with Gasteiger partial charge >= 0.3 is 0 Å². The number of nitriles is 1. The van der Waals surface area contributed by atoms with E-state index in [0.29, 0.717) is 4.21 Å².